The highest BCUT2D eigenvalue weighted by Gasteiger charge is 2.43. The van der Waals surface area contributed by atoms with Crippen LogP contribution in [0.1, 0.15) is 51.4 Å². The van der Waals surface area contributed by atoms with Crippen LogP contribution in [0.25, 0.3) is 0 Å². The van der Waals surface area contributed by atoms with Crippen molar-refractivity contribution in [1.82, 2.24) is 9.62 Å². The van der Waals surface area contributed by atoms with E-state index >= 15 is 0 Å². The number of β-amino-alcohol motifs (C(OH)–C–C–N with tert-alkyl or cyclic N) is 1. The Morgan fingerprint density at radius 3 is 2.56 bits per heavy atom. The smallest absolute Gasteiger partial charge is 0.243 e. The van der Waals surface area contributed by atoms with Crippen LogP contribution in [0.5, 0.6) is 0 Å². The number of fused-ring (bicyclic) bond motifs is 1. The Labute approximate surface area is 200 Å². The van der Waals surface area contributed by atoms with Crippen LogP contribution in [0.3, 0.4) is 0 Å². The molecule has 3 aliphatic rings. The lowest BCUT2D eigenvalue weighted by Crippen LogP contribution is -2.57. The molecule has 1 saturated carbocycles. The first-order valence-corrected chi connectivity index (χ1v) is 13.7. The molecule has 8 nitrogen and oxygen atoms in total. The molecule has 1 aromatic rings. The molecule has 1 aliphatic carbocycles. The van der Waals surface area contributed by atoms with Crippen LogP contribution >= 0.6 is 0 Å². The number of carbonyl (C=O) groups is 1. The maximum absolute atomic E-state index is 13.4. The summed E-state index contributed by atoms with van der Waals surface area (Å²) in [7, 11) is -3.99. The number of amides is 1. The van der Waals surface area contributed by atoms with Crippen LogP contribution in [-0.4, -0.2) is 74.4 Å². The van der Waals surface area contributed by atoms with Gasteiger partial charge in [-0.15, -0.1) is 0 Å². The Bertz CT molecular complexity index is 922. The maximum Gasteiger partial charge on any atom is 0.243 e. The summed E-state index contributed by atoms with van der Waals surface area (Å²) < 4.78 is 53.1. The normalized spacial score (nSPS) is 29.6. The van der Waals surface area contributed by atoms with Crippen molar-refractivity contribution in [1.29, 1.82) is 0 Å². The standard InChI is InChI=1S/C24H35FN2O6S/c25-18-6-9-21(10-7-18)34(30,31)27-14-19(28)15-32-16-23-22(27)11-8-20(33-23)12-24(29)26-13-17-4-2-1-3-5-17/h6-7,9-10,17,19-20,22-23,28H,1-5,8,11-16H2,(H,26,29)/t19-,20+,22-,23+/m0/s1. The van der Waals surface area contributed by atoms with Crippen molar-refractivity contribution in [2.24, 2.45) is 5.92 Å². The Morgan fingerprint density at radius 1 is 1.09 bits per heavy atom. The van der Waals surface area contributed by atoms with E-state index in [0.29, 0.717) is 25.3 Å². The van der Waals surface area contributed by atoms with Gasteiger partial charge in [-0.05, 0) is 55.9 Å². The minimum absolute atomic E-state index is 0.0193. The van der Waals surface area contributed by atoms with Gasteiger partial charge in [-0.2, -0.15) is 4.31 Å². The molecule has 4 atom stereocenters. The average Bonchev–Trinajstić information content (AvgIpc) is 2.81. The number of ether oxygens (including phenoxy) is 2. The molecular weight excluding hydrogens is 463 g/mol. The van der Waals surface area contributed by atoms with Gasteiger partial charge < -0.3 is 19.9 Å². The topological polar surface area (TPSA) is 105 Å². The highest BCUT2D eigenvalue weighted by molar-refractivity contribution is 7.89. The van der Waals surface area contributed by atoms with Gasteiger partial charge in [-0.25, -0.2) is 12.8 Å². The Hall–Kier alpha value is -1.59. The first-order valence-electron chi connectivity index (χ1n) is 12.3. The van der Waals surface area contributed by atoms with Crippen LogP contribution in [0.15, 0.2) is 29.2 Å². The van der Waals surface area contributed by atoms with Crippen molar-refractivity contribution in [3.8, 4) is 0 Å². The zero-order valence-corrected chi connectivity index (χ0v) is 20.2. The molecule has 1 aromatic carbocycles. The highest BCUT2D eigenvalue weighted by Crippen LogP contribution is 2.31. The predicted octanol–water partition coefficient (Wildman–Crippen LogP) is 2.21. The molecular formula is C24H35FN2O6S. The average molecular weight is 499 g/mol. The fourth-order valence-electron chi connectivity index (χ4n) is 5.24. The van der Waals surface area contributed by atoms with E-state index < -0.39 is 34.1 Å². The van der Waals surface area contributed by atoms with E-state index in [9.17, 15) is 22.7 Å². The molecule has 0 bridgehead atoms. The highest BCUT2D eigenvalue weighted by atomic mass is 32.2. The number of aliphatic hydroxyl groups is 1. The summed E-state index contributed by atoms with van der Waals surface area (Å²) in [4.78, 5) is 12.5. The summed E-state index contributed by atoms with van der Waals surface area (Å²) >= 11 is 0. The number of nitrogens with zero attached hydrogens (tertiary/aromatic N) is 1. The van der Waals surface area contributed by atoms with Crippen molar-refractivity contribution in [2.45, 2.75) is 80.6 Å². The molecule has 0 aromatic heterocycles. The zero-order chi connectivity index (χ0) is 24.1. The number of nitrogens with one attached hydrogen (secondary N) is 1. The minimum atomic E-state index is -3.99. The monoisotopic (exact) mass is 498 g/mol. The summed E-state index contributed by atoms with van der Waals surface area (Å²) in [6.45, 7) is 0.658. The fourth-order valence-corrected chi connectivity index (χ4v) is 6.96. The van der Waals surface area contributed by atoms with Gasteiger partial charge in [0, 0.05) is 13.1 Å². The van der Waals surface area contributed by atoms with Crippen LogP contribution in [-0.2, 0) is 24.3 Å². The predicted molar refractivity (Wildman–Crippen MR) is 123 cm³/mol. The lowest BCUT2D eigenvalue weighted by atomic mass is 9.89. The van der Waals surface area contributed by atoms with E-state index in [2.05, 4.69) is 5.32 Å². The van der Waals surface area contributed by atoms with Crippen molar-refractivity contribution in [3.63, 3.8) is 0 Å². The molecule has 0 unspecified atom stereocenters. The van der Waals surface area contributed by atoms with Crippen LogP contribution in [0.2, 0.25) is 0 Å². The third kappa shape index (κ3) is 6.34. The van der Waals surface area contributed by atoms with E-state index in [0.717, 1.165) is 25.0 Å². The van der Waals surface area contributed by atoms with Crippen molar-refractivity contribution in [2.75, 3.05) is 26.3 Å². The van der Waals surface area contributed by atoms with E-state index in [1.54, 1.807) is 0 Å². The number of aliphatic hydroxyl groups excluding tert-OH is 1. The largest absolute Gasteiger partial charge is 0.389 e. The first kappa shape index (κ1) is 25.5. The van der Waals surface area contributed by atoms with Gasteiger partial charge in [-0.1, -0.05) is 19.3 Å². The van der Waals surface area contributed by atoms with Gasteiger partial charge in [0.2, 0.25) is 15.9 Å². The summed E-state index contributed by atoms with van der Waals surface area (Å²) in [5, 5.41) is 13.3. The third-order valence-electron chi connectivity index (χ3n) is 7.08. The molecule has 190 valence electrons. The van der Waals surface area contributed by atoms with Gasteiger partial charge in [0.15, 0.2) is 0 Å². The van der Waals surface area contributed by atoms with Gasteiger partial charge in [-0.3, -0.25) is 4.79 Å². The van der Waals surface area contributed by atoms with Crippen LogP contribution < -0.4 is 5.32 Å². The molecule has 1 amide bonds. The second kappa shape index (κ2) is 11.4. The quantitative estimate of drug-likeness (QED) is 0.623. The number of hydrogen-bond donors (Lipinski definition) is 2. The molecule has 0 radical (unpaired) electrons. The van der Waals surface area contributed by atoms with Gasteiger partial charge >= 0.3 is 0 Å². The third-order valence-corrected chi connectivity index (χ3v) is 8.98. The molecule has 2 aliphatic heterocycles. The number of halogens is 1. The van der Waals surface area contributed by atoms with Crippen molar-refractivity contribution >= 4 is 15.9 Å². The second-order valence-corrected chi connectivity index (χ2v) is 11.6. The van der Waals surface area contributed by atoms with E-state index in [4.69, 9.17) is 9.47 Å². The lowest BCUT2D eigenvalue weighted by molar-refractivity contribution is -0.146. The Balaban J connectivity index is 1.40. The maximum atomic E-state index is 13.4. The minimum Gasteiger partial charge on any atom is -0.389 e. The molecule has 10 heteroatoms. The summed E-state index contributed by atoms with van der Waals surface area (Å²) in [5.41, 5.74) is 0. The SMILES string of the molecule is O=C(C[C@H]1CC[C@H]2[C@@H](COC[C@@H](O)CN2S(=O)(=O)c2ccc(F)cc2)O1)NCC1CCCCC1. The summed E-state index contributed by atoms with van der Waals surface area (Å²) in [6, 6.07) is 4.11. The van der Waals surface area contributed by atoms with Gasteiger partial charge in [0.1, 0.15) is 5.82 Å². The van der Waals surface area contributed by atoms with E-state index in [-0.39, 0.29) is 43.1 Å². The Morgan fingerprint density at radius 2 is 1.82 bits per heavy atom. The van der Waals surface area contributed by atoms with E-state index in [1.165, 1.54) is 35.7 Å². The molecule has 2 heterocycles. The lowest BCUT2D eigenvalue weighted by Gasteiger charge is -2.43. The molecule has 4 rings (SSSR count). The molecule has 2 N–H and O–H groups in total. The summed E-state index contributed by atoms with van der Waals surface area (Å²) in [6.07, 6.45) is 5.38. The number of benzene rings is 1. The molecule has 2 saturated heterocycles. The zero-order valence-electron chi connectivity index (χ0n) is 19.4. The first-order chi connectivity index (χ1) is 16.3. The van der Waals surface area contributed by atoms with Gasteiger partial charge in [0.05, 0.1) is 48.9 Å². The number of carbonyl (C=O) groups excluding carboxylic acids is 1. The molecule has 3 fully saturated rings. The molecule has 34 heavy (non-hydrogen) atoms. The Kier molecular flexibility index (Phi) is 8.57. The number of rotatable bonds is 6. The molecule has 0 spiro atoms. The van der Waals surface area contributed by atoms with Crippen molar-refractivity contribution in [3.05, 3.63) is 30.1 Å². The van der Waals surface area contributed by atoms with Crippen LogP contribution in [0, 0.1) is 11.7 Å². The van der Waals surface area contributed by atoms with Crippen molar-refractivity contribution < 1.29 is 32.2 Å². The summed E-state index contributed by atoms with van der Waals surface area (Å²) in [5.74, 6) is -0.0273. The van der Waals surface area contributed by atoms with Gasteiger partial charge in [0.25, 0.3) is 0 Å². The second-order valence-electron chi connectivity index (χ2n) is 9.67. The van der Waals surface area contributed by atoms with Crippen LogP contribution in [0.4, 0.5) is 4.39 Å². The fraction of sp³-hybridized carbons (Fsp3) is 0.708. The van der Waals surface area contributed by atoms with E-state index in [1.807, 2.05) is 0 Å². The number of sulfonamides is 1. The number of hydrogen-bond acceptors (Lipinski definition) is 6.